The highest BCUT2D eigenvalue weighted by Gasteiger charge is 2.29. The monoisotopic (exact) mass is 259 g/mol. The van der Waals surface area contributed by atoms with E-state index in [9.17, 15) is 13.6 Å². The molecule has 17 heavy (non-hydrogen) atoms. The molecule has 0 bridgehead atoms. The van der Waals surface area contributed by atoms with E-state index in [1.165, 1.54) is 6.07 Å². The van der Waals surface area contributed by atoms with Gasteiger partial charge < -0.3 is 4.74 Å². The second-order valence-corrected chi connectivity index (χ2v) is 6.07. The van der Waals surface area contributed by atoms with Crippen molar-refractivity contribution in [3.63, 3.8) is 0 Å². The molecule has 1 fully saturated rings. The van der Waals surface area contributed by atoms with E-state index in [4.69, 9.17) is 0 Å². The van der Waals surface area contributed by atoms with Crippen molar-refractivity contribution >= 4 is 16.7 Å². The van der Waals surface area contributed by atoms with E-state index in [-0.39, 0.29) is 16.6 Å². The number of Topliss-reactive ketones (excluding diaryl/α,β-unsaturated/α-hetero) is 1. The molecule has 1 aromatic rings. The molecular weight excluding hydrogens is 246 g/mol. The zero-order valence-corrected chi connectivity index (χ0v) is 10.0. The number of ketones is 1. The largest absolute Gasteiger partial charge is 0.435 e. The molecule has 0 N–H and O–H groups in total. The van der Waals surface area contributed by atoms with Crippen molar-refractivity contribution in [3.8, 4) is 5.75 Å². The SMILES string of the molecule is O=C1CC[S+](c2cccc(OC(F)F)c2)CC1. The highest BCUT2D eigenvalue weighted by Crippen LogP contribution is 2.25. The lowest BCUT2D eigenvalue weighted by atomic mass is 10.2. The summed E-state index contributed by atoms with van der Waals surface area (Å²) in [6.45, 7) is -2.79. The molecule has 1 aromatic carbocycles. The van der Waals surface area contributed by atoms with E-state index >= 15 is 0 Å². The van der Waals surface area contributed by atoms with E-state index in [1.54, 1.807) is 12.1 Å². The molecule has 1 aliphatic heterocycles. The van der Waals surface area contributed by atoms with Gasteiger partial charge in [-0.15, -0.1) is 0 Å². The molecule has 2 rings (SSSR count). The number of hydrogen-bond acceptors (Lipinski definition) is 2. The minimum Gasteiger partial charge on any atom is -0.435 e. The smallest absolute Gasteiger partial charge is 0.387 e. The summed E-state index contributed by atoms with van der Waals surface area (Å²) in [4.78, 5) is 12.1. The second-order valence-electron chi connectivity index (χ2n) is 3.79. The first-order valence-electron chi connectivity index (χ1n) is 5.39. The summed E-state index contributed by atoms with van der Waals surface area (Å²) in [6, 6.07) is 6.81. The Hall–Kier alpha value is -1.10. The van der Waals surface area contributed by atoms with E-state index in [1.807, 2.05) is 6.07 Å². The zero-order valence-electron chi connectivity index (χ0n) is 9.20. The Morgan fingerprint density at radius 2 is 1.94 bits per heavy atom. The lowest BCUT2D eigenvalue weighted by molar-refractivity contribution is -0.118. The van der Waals surface area contributed by atoms with Crippen molar-refractivity contribution in [2.75, 3.05) is 11.5 Å². The van der Waals surface area contributed by atoms with Gasteiger partial charge in [0.15, 0.2) is 4.90 Å². The van der Waals surface area contributed by atoms with Crippen LogP contribution < -0.4 is 4.74 Å². The van der Waals surface area contributed by atoms with Crippen LogP contribution in [0, 0.1) is 0 Å². The predicted octanol–water partition coefficient (Wildman–Crippen LogP) is 2.63. The van der Waals surface area contributed by atoms with Crippen LogP contribution in [0.4, 0.5) is 8.78 Å². The van der Waals surface area contributed by atoms with Gasteiger partial charge in [0.1, 0.15) is 23.0 Å². The summed E-state index contributed by atoms with van der Waals surface area (Å²) in [7, 11) is 0.000424. The van der Waals surface area contributed by atoms with Crippen LogP contribution in [-0.4, -0.2) is 23.9 Å². The lowest BCUT2D eigenvalue weighted by Crippen LogP contribution is -2.23. The molecule has 0 aromatic heterocycles. The Morgan fingerprint density at radius 3 is 2.59 bits per heavy atom. The molecule has 0 spiro atoms. The quantitative estimate of drug-likeness (QED) is 0.780. The zero-order chi connectivity index (χ0) is 12.3. The Labute approximate surface area is 101 Å². The van der Waals surface area contributed by atoms with Crippen molar-refractivity contribution in [1.29, 1.82) is 0 Å². The molecule has 1 aliphatic rings. The summed E-state index contributed by atoms with van der Waals surface area (Å²) in [5, 5.41) is 0. The van der Waals surface area contributed by atoms with Gasteiger partial charge in [0.25, 0.3) is 0 Å². The number of ether oxygens (including phenoxy) is 1. The number of hydrogen-bond donors (Lipinski definition) is 0. The molecule has 0 radical (unpaired) electrons. The molecule has 1 heterocycles. The van der Waals surface area contributed by atoms with Crippen molar-refractivity contribution in [2.45, 2.75) is 24.3 Å². The van der Waals surface area contributed by atoms with E-state index in [0.29, 0.717) is 18.6 Å². The van der Waals surface area contributed by atoms with Crippen molar-refractivity contribution < 1.29 is 18.3 Å². The third kappa shape index (κ3) is 3.43. The van der Waals surface area contributed by atoms with Crippen molar-refractivity contribution in [3.05, 3.63) is 24.3 Å². The molecule has 0 saturated carbocycles. The van der Waals surface area contributed by atoms with Gasteiger partial charge in [-0.1, -0.05) is 6.07 Å². The Balaban J connectivity index is 2.07. The predicted molar refractivity (Wildman–Crippen MR) is 62.7 cm³/mol. The Morgan fingerprint density at radius 1 is 1.24 bits per heavy atom. The average Bonchev–Trinajstić information content (AvgIpc) is 2.29. The molecule has 1 saturated heterocycles. The van der Waals surface area contributed by atoms with Gasteiger partial charge in [0.05, 0.1) is 12.8 Å². The summed E-state index contributed by atoms with van der Waals surface area (Å²) in [6.07, 6.45) is 1.20. The molecule has 0 unspecified atom stereocenters. The van der Waals surface area contributed by atoms with Gasteiger partial charge in [0.2, 0.25) is 0 Å². The van der Waals surface area contributed by atoms with Crippen LogP contribution in [0.25, 0.3) is 0 Å². The van der Waals surface area contributed by atoms with Crippen LogP contribution >= 0.6 is 0 Å². The van der Waals surface area contributed by atoms with Gasteiger partial charge in [-0.3, -0.25) is 4.79 Å². The fourth-order valence-electron chi connectivity index (χ4n) is 1.77. The van der Waals surface area contributed by atoms with E-state index in [0.717, 1.165) is 16.4 Å². The molecule has 0 amide bonds. The minimum absolute atomic E-state index is 0.000424. The fourth-order valence-corrected chi connectivity index (χ4v) is 3.94. The first kappa shape index (κ1) is 12.4. The van der Waals surface area contributed by atoms with E-state index < -0.39 is 6.61 Å². The third-order valence-corrected chi connectivity index (χ3v) is 4.93. The Bertz CT molecular complexity index is 399. The van der Waals surface area contributed by atoms with Gasteiger partial charge in [-0.25, -0.2) is 0 Å². The number of rotatable bonds is 3. The van der Waals surface area contributed by atoms with Crippen LogP contribution in [0.5, 0.6) is 5.75 Å². The van der Waals surface area contributed by atoms with Crippen molar-refractivity contribution in [1.82, 2.24) is 0 Å². The maximum absolute atomic E-state index is 12.1. The van der Waals surface area contributed by atoms with Crippen molar-refractivity contribution in [2.24, 2.45) is 0 Å². The molecule has 0 atom stereocenters. The first-order chi connectivity index (χ1) is 8.15. The third-order valence-electron chi connectivity index (χ3n) is 2.62. The number of halogens is 2. The summed E-state index contributed by atoms with van der Waals surface area (Å²) < 4.78 is 28.5. The topological polar surface area (TPSA) is 26.3 Å². The molecular formula is C12H13F2O2S+. The minimum atomic E-state index is -2.79. The molecule has 5 heteroatoms. The van der Waals surface area contributed by atoms with Gasteiger partial charge in [-0.2, -0.15) is 8.78 Å². The lowest BCUT2D eigenvalue weighted by Gasteiger charge is -2.13. The van der Waals surface area contributed by atoms with Crippen LogP contribution in [0.2, 0.25) is 0 Å². The Kier molecular flexibility index (Phi) is 3.99. The molecule has 2 nitrogen and oxygen atoms in total. The van der Waals surface area contributed by atoms with E-state index in [2.05, 4.69) is 4.74 Å². The van der Waals surface area contributed by atoms with Crippen LogP contribution in [0.3, 0.4) is 0 Å². The number of carbonyl (C=O) groups excluding carboxylic acids is 1. The summed E-state index contributed by atoms with van der Waals surface area (Å²) >= 11 is 0. The van der Waals surface area contributed by atoms with Crippen LogP contribution in [-0.2, 0) is 15.7 Å². The molecule has 92 valence electrons. The first-order valence-corrected chi connectivity index (χ1v) is 6.95. The standard InChI is InChI=1S/C12H13F2O2S/c13-12(14)16-10-2-1-3-11(8-10)17-6-4-9(15)5-7-17/h1-3,8,12H,4-7H2/q+1. The van der Waals surface area contributed by atoms with Gasteiger partial charge >= 0.3 is 6.61 Å². The second kappa shape index (κ2) is 5.49. The summed E-state index contributed by atoms with van der Waals surface area (Å²) in [5.74, 6) is 2.16. The fraction of sp³-hybridized carbons (Fsp3) is 0.417. The number of carbonyl (C=O) groups is 1. The van der Waals surface area contributed by atoms with Crippen LogP contribution in [0.1, 0.15) is 12.8 Å². The van der Waals surface area contributed by atoms with Crippen LogP contribution in [0.15, 0.2) is 29.2 Å². The molecule has 0 aliphatic carbocycles. The highest BCUT2D eigenvalue weighted by atomic mass is 32.2. The normalized spacial score (nSPS) is 17.5. The van der Waals surface area contributed by atoms with Gasteiger partial charge in [-0.05, 0) is 12.1 Å². The van der Waals surface area contributed by atoms with Gasteiger partial charge in [0, 0.05) is 17.0 Å². The number of benzene rings is 1. The average molecular weight is 259 g/mol. The highest BCUT2D eigenvalue weighted by molar-refractivity contribution is 7.97. The maximum atomic E-state index is 12.1. The number of alkyl halides is 2. The maximum Gasteiger partial charge on any atom is 0.387 e. The summed E-state index contributed by atoms with van der Waals surface area (Å²) in [5.41, 5.74) is 0.